The van der Waals surface area contributed by atoms with Gasteiger partial charge in [-0.2, -0.15) is 13.2 Å². The molecule has 1 atom stereocenters. The number of nitrogens with zero attached hydrogens (tertiary/aromatic N) is 2. The van der Waals surface area contributed by atoms with Crippen molar-refractivity contribution in [1.29, 1.82) is 0 Å². The van der Waals surface area contributed by atoms with Crippen LogP contribution in [0.1, 0.15) is 18.4 Å². The van der Waals surface area contributed by atoms with Gasteiger partial charge in [-0.3, -0.25) is 0 Å². The van der Waals surface area contributed by atoms with Crippen molar-refractivity contribution in [3.05, 3.63) is 17.7 Å². The van der Waals surface area contributed by atoms with Crippen LogP contribution >= 0.6 is 0 Å². The number of aromatic nitrogens is 1. The quantitative estimate of drug-likeness (QED) is 0.580. The molecule has 0 spiro atoms. The maximum Gasteiger partial charge on any atom is 0.416 e. The number of pyridine rings is 1. The van der Waals surface area contributed by atoms with Gasteiger partial charge in [-0.1, -0.05) is 0 Å². The second kappa shape index (κ2) is 5.84. The lowest BCUT2D eigenvalue weighted by atomic mass is 10.1. The molecule has 1 aliphatic heterocycles. The average Bonchev–Trinajstić information content (AvgIpc) is 2.86. The molecule has 1 saturated heterocycles. The van der Waals surface area contributed by atoms with Crippen molar-refractivity contribution < 1.29 is 18.3 Å². The molecular formula is C12H17F3N4O. The molecule has 20 heavy (non-hydrogen) atoms. The lowest BCUT2D eigenvalue weighted by Gasteiger charge is -2.20. The standard InChI is InChI=1S/C12H17F3N4O/c13-12(14,15)9-5-10(18-16)17-11(6-9)19-3-1-8(7-19)2-4-20/h5-6,8,20H,1-4,7,16H2,(H,17,18). The van der Waals surface area contributed by atoms with Crippen molar-refractivity contribution in [3.8, 4) is 0 Å². The number of anilines is 2. The normalized spacial score (nSPS) is 19.4. The first-order valence-corrected chi connectivity index (χ1v) is 6.35. The van der Waals surface area contributed by atoms with Crippen LogP contribution in [0.3, 0.4) is 0 Å². The first-order valence-electron chi connectivity index (χ1n) is 6.35. The van der Waals surface area contributed by atoms with E-state index in [9.17, 15) is 13.2 Å². The molecular weight excluding hydrogens is 273 g/mol. The van der Waals surface area contributed by atoms with Gasteiger partial charge in [0, 0.05) is 19.7 Å². The number of nitrogens with one attached hydrogen (secondary N) is 1. The number of aliphatic hydroxyl groups excluding tert-OH is 1. The Morgan fingerprint density at radius 3 is 2.80 bits per heavy atom. The van der Waals surface area contributed by atoms with Gasteiger partial charge in [-0.05, 0) is 30.9 Å². The molecule has 0 amide bonds. The highest BCUT2D eigenvalue weighted by molar-refractivity contribution is 5.51. The van der Waals surface area contributed by atoms with Gasteiger partial charge in [0.25, 0.3) is 0 Å². The zero-order chi connectivity index (χ0) is 14.8. The fraction of sp³-hybridized carbons (Fsp3) is 0.583. The Balaban J connectivity index is 2.23. The molecule has 0 saturated carbocycles. The number of halogens is 3. The van der Waals surface area contributed by atoms with Crippen LogP contribution in [0, 0.1) is 5.92 Å². The van der Waals surface area contributed by atoms with Crippen LogP contribution in [0.4, 0.5) is 24.8 Å². The van der Waals surface area contributed by atoms with Crippen molar-refractivity contribution in [1.82, 2.24) is 4.98 Å². The Bertz CT molecular complexity index is 467. The minimum atomic E-state index is -4.44. The second-order valence-corrected chi connectivity index (χ2v) is 4.85. The summed E-state index contributed by atoms with van der Waals surface area (Å²) in [6, 6.07) is 1.91. The predicted molar refractivity (Wildman–Crippen MR) is 69.1 cm³/mol. The summed E-state index contributed by atoms with van der Waals surface area (Å²) in [5, 5.41) is 8.91. The van der Waals surface area contributed by atoms with Crippen LogP contribution in [0.25, 0.3) is 0 Å². The second-order valence-electron chi connectivity index (χ2n) is 4.85. The van der Waals surface area contributed by atoms with Gasteiger partial charge in [0.05, 0.1) is 5.56 Å². The van der Waals surface area contributed by atoms with Crippen LogP contribution in [-0.2, 0) is 6.18 Å². The number of alkyl halides is 3. The third-order valence-electron chi connectivity index (χ3n) is 3.43. The number of aliphatic hydroxyl groups is 1. The lowest BCUT2D eigenvalue weighted by molar-refractivity contribution is -0.137. The Kier molecular flexibility index (Phi) is 4.34. The van der Waals surface area contributed by atoms with Gasteiger partial charge in [-0.15, -0.1) is 0 Å². The molecule has 5 nitrogen and oxygen atoms in total. The monoisotopic (exact) mass is 290 g/mol. The van der Waals surface area contributed by atoms with Gasteiger partial charge >= 0.3 is 6.18 Å². The van der Waals surface area contributed by atoms with E-state index in [0.717, 1.165) is 18.6 Å². The van der Waals surface area contributed by atoms with Crippen LogP contribution in [0.15, 0.2) is 12.1 Å². The summed E-state index contributed by atoms with van der Waals surface area (Å²) in [5.41, 5.74) is 1.39. The van der Waals surface area contributed by atoms with Crippen LogP contribution in [-0.4, -0.2) is 29.8 Å². The number of hydrogen-bond acceptors (Lipinski definition) is 5. The summed E-state index contributed by atoms with van der Waals surface area (Å²) in [5.74, 6) is 5.70. The fourth-order valence-corrected chi connectivity index (χ4v) is 2.37. The summed E-state index contributed by atoms with van der Waals surface area (Å²) in [6.45, 7) is 1.31. The van der Waals surface area contributed by atoms with Gasteiger partial charge in [0.1, 0.15) is 11.6 Å². The van der Waals surface area contributed by atoms with E-state index < -0.39 is 11.7 Å². The predicted octanol–water partition coefficient (Wildman–Crippen LogP) is 1.59. The highest BCUT2D eigenvalue weighted by atomic mass is 19.4. The molecule has 2 rings (SSSR count). The lowest BCUT2D eigenvalue weighted by Crippen LogP contribution is -2.23. The molecule has 2 heterocycles. The fourth-order valence-electron chi connectivity index (χ4n) is 2.37. The summed E-state index contributed by atoms with van der Waals surface area (Å²) < 4.78 is 38.5. The molecule has 1 aromatic heterocycles. The van der Waals surface area contributed by atoms with E-state index in [1.165, 1.54) is 0 Å². The van der Waals surface area contributed by atoms with Gasteiger partial charge in [-0.25, -0.2) is 10.8 Å². The van der Waals surface area contributed by atoms with Crippen molar-refractivity contribution in [2.45, 2.75) is 19.0 Å². The van der Waals surface area contributed by atoms with E-state index >= 15 is 0 Å². The zero-order valence-electron chi connectivity index (χ0n) is 10.8. The maximum absolute atomic E-state index is 12.8. The van der Waals surface area contributed by atoms with Crippen LogP contribution in [0.5, 0.6) is 0 Å². The molecule has 112 valence electrons. The topological polar surface area (TPSA) is 74.4 Å². The minimum Gasteiger partial charge on any atom is -0.396 e. The number of rotatable bonds is 4. The highest BCUT2D eigenvalue weighted by Crippen LogP contribution is 2.34. The summed E-state index contributed by atoms with van der Waals surface area (Å²) in [7, 11) is 0. The smallest absolute Gasteiger partial charge is 0.396 e. The Morgan fingerprint density at radius 2 is 2.20 bits per heavy atom. The first-order chi connectivity index (χ1) is 9.44. The van der Waals surface area contributed by atoms with Gasteiger partial charge in [0.15, 0.2) is 0 Å². The molecule has 0 radical (unpaired) electrons. The molecule has 0 aliphatic carbocycles. The largest absolute Gasteiger partial charge is 0.416 e. The molecule has 1 aromatic rings. The molecule has 1 fully saturated rings. The molecule has 0 bridgehead atoms. The summed E-state index contributed by atoms with van der Waals surface area (Å²) >= 11 is 0. The van der Waals surface area contributed by atoms with Crippen molar-refractivity contribution >= 4 is 11.6 Å². The highest BCUT2D eigenvalue weighted by Gasteiger charge is 2.33. The van der Waals surface area contributed by atoms with Gasteiger partial charge in [0.2, 0.25) is 0 Å². The van der Waals surface area contributed by atoms with Crippen LogP contribution < -0.4 is 16.2 Å². The van der Waals surface area contributed by atoms with E-state index in [1.807, 2.05) is 0 Å². The third kappa shape index (κ3) is 3.31. The summed E-state index contributed by atoms with van der Waals surface area (Å²) in [4.78, 5) is 5.86. The Morgan fingerprint density at radius 1 is 1.45 bits per heavy atom. The molecule has 0 aromatic carbocycles. The van der Waals surface area contributed by atoms with Crippen molar-refractivity contribution in [3.63, 3.8) is 0 Å². The third-order valence-corrected chi connectivity index (χ3v) is 3.43. The Labute approximate surface area is 114 Å². The zero-order valence-corrected chi connectivity index (χ0v) is 10.8. The van der Waals surface area contributed by atoms with Crippen LogP contribution in [0.2, 0.25) is 0 Å². The van der Waals surface area contributed by atoms with Crippen molar-refractivity contribution in [2.24, 2.45) is 11.8 Å². The maximum atomic E-state index is 12.8. The number of nitrogens with two attached hydrogens (primary N) is 1. The van der Waals surface area contributed by atoms with E-state index in [1.54, 1.807) is 4.90 Å². The minimum absolute atomic E-state index is 0.0135. The molecule has 4 N–H and O–H groups in total. The van der Waals surface area contributed by atoms with E-state index in [4.69, 9.17) is 10.9 Å². The molecule has 8 heteroatoms. The Hall–Kier alpha value is -1.54. The average molecular weight is 290 g/mol. The molecule has 1 unspecified atom stereocenters. The summed E-state index contributed by atoms with van der Waals surface area (Å²) in [6.07, 6.45) is -2.95. The van der Waals surface area contributed by atoms with Gasteiger partial charge < -0.3 is 15.4 Å². The van der Waals surface area contributed by atoms with E-state index in [-0.39, 0.29) is 24.2 Å². The number of hydrazine groups is 1. The molecule has 1 aliphatic rings. The number of hydrogen-bond donors (Lipinski definition) is 3. The van der Waals surface area contributed by atoms with E-state index in [0.29, 0.717) is 19.5 Å². The number of nitrogen functional groups attached to an aromatic ring is 1. The first kappa shape index (κ1) is 14.9. The van der Waals surface area contributed by atoms with Crippen molar-refractivity contribution in [2.75, 3.05) is 30.0 Å². The SMILES string of the molecule is NNc1cc(C(F)(F)F)cc(N2CCC(CCO)C2)n1. The van der Waals surface area contributed by atoms with E-state index in [2.05, 4.69) is 10.4 Å².